The number of hydrogen-bond donors (Lipinski definition) is 0. The second kappa shape index (κ2) is 11.6. The number of ether oxygens (including phenoxy) is 1. The second-order valence-corrected chi connectivity index (χ2v) is 22.0. The number of hydrogen-bond acceptors (Lipinski definition) is 6. The van der Waals surface area contributed by atoms with Crippen LogP contribution in [0, 0.1) is 5.41 Å². The van der Waals surface area contributed by atoms with Crippen LogP contribution < -0.4 is 5.56 Å². The Morgan fingerprint density at radius 2 is 1.69 bits per heavy atom. The predicted octanol–water partition coefficient (Wildman–Crippen LogP) is 6.20. The number of carbonyl (C=O) groups is 1. The van der Waals surface area contributed by atoms with Gasteiger partial charge in [0, 0.05) is 66.2 Å². The third kappa shape index (κ3) is 7.31. The van der Waals surface area contributed by atoms with Gasteiger partial charge in [0.25, 0.3) is 5.56 Å². The fraction of sp³-hybridized carbons (Fsp3) is 0.667. The number of carbonyl (C=O) groups excluding carboxylic acids is 1. The molecule has 0 spiro atoms. The zero-order chi connectivity index (χ0) is 31.3. The largest absolute Gasteiger partial charge is 0.444 e. The van der Waals surface area contributed by atoms with Crippen LogP contribution in [0.15, 0.2) is 38.6 Å². The third-order valence-electron chi connectivity index (χ3n) is 8.74. The first kappa shape index (κ1) is 33.2. The standard InChI is InChI=1S/C30H46BrN3O6SSi/c1-28(2,3)40-27(36)32-14-9-15-34(17-16-32)41(37,38)25-19-33(26(35)23-11-10-22(31)18-24(23)25)20-30(12-13-30)21-39-42(7,8)29(4,5)6/h10-11,18-19H,9,12-17,20-21H2,1-8H3. The van der Waals surface area contributed by atoms with E-state index in [9.17, 15) is 18.0 Å². The van der Waals surface area contributed by atoms with E-state index in [0.29, 0.717) is 41.4 Å². The van der Waals surface area contributed by atoms with Crippen LogP contribution >= 0.6 is 15.9 Å². The molecule has 0 radical (unpaired) electrons. The van der Waals surface area contributed by atoms with Crippen molar-refractivity contribution in [2.75, 3.05) is 32.8 Å². The summed E-state index contributed by atoms with van der Waals surface area (Å²) < 4.78 is 44.2. The van der Waals surface area contributed by atoms with Gasteiger partial charge in [-0.1, -0.05) is 36.7 Å². The summed E-state index contributed by atoms with van der Waals surface area (Å²) in [7, 11) is -5.98. The Bertz CT molecular complexity index is 1510. The van der Waals surface area contributed by atoms with Crippen molar-refractivity contribution < 1.29 is 22.4 Å². The number of halogens is 1. The number of nitrogens with zero attached hydrogens (tertiary/aromatic N) is 3. The van der Waals surface area contributed by atoms with Crippen molar-refractivity contribution in [3.63, 3.8) is 0 Å². The van der Waals surface area contributed by atoms with E-state index in [-0.39, 0.29) is 40.5 Å². The molecule has 2 heterocycles. The van der Waals surface area contributed by atoms with E-state index in [1.54, 1.807) is 27.7 Å². The van der Waals surface area contributed by atoms with E-state index < -0.39 is 30.0 Å². The van der Waals surface area contributed by atoms with E-state index >= 15 is 0 Å². The van der Waals surface area contributed by atoms with Gasteiger partial charge in [-0.05, 0) is 76.4 Å². The van der Waals surface area contributed by atoms with Crippen LogP contribution in [0.3, 0.4) is 0 Å². The van der Waals surface area contributed by atoms with E-state index in [1.165, 1.54) is 10.5 Å². The molecule has 1 aliphatic heterocycles. The molecule has 4 rings (SSSR count). The van der Waals surface area contributed by atoms with Crippen molar-refractivity contribution in [2.24, 2.45) is 5.41 Å². The van der Waals surface area contributed by atoms with Crippen molar-refractivity contribution in [1.82, 2.24) is 13.8 Å². The summed E-state index contributed by atoms with van der Waals surface area (Å²) >= 11 is 3.46. The lowest BCUT2D eigenvalue weighted by atomic mass is 10.1. The maximum absolute atomic E-state index is 14.2. The fourth-order valence-corrected chi connectivity index (χ4v) is 8.01. The summed E-state index contributed by atoms with van der Waals surface area (Å²) in [6, 6.07) is 5.16. The molecule has 42 heavy (non-hydrogen) atoms. The summed E-state index contributed by atoms with van der Waals surface area (Å²) in [5.74, 6) is 0. The van der Waals surface area contributed by atoms with Gasteiger partial charge in [-0.15, -0.1) is 0 Å². The van der Waals surface area contributed by atoms with Crippen molar-refractivity contribution in [3.8, 4) is 0 Å². The van der Waals surface area contributed by atoms with Gasteiger partial charge in [0.1, 0.15) is 10.5 Å². The van der Waals surface area contributed by atoms with Crippen LogP contribution in [-0.2, 0) is 25.7 Å². The molecular formula is C30H46BrN3O6SSi. The maximum atomic E-state index is 14.2. The summed E-state index contributed by atoms with van der Waals surface area (Å²) in [5, 5.41) is 0.829. The fourth-order valence-electron chi connectivity index (χ4n) is 4.87. The Balaban J connectivity index is 1.65. The highest BCUT2D eigenvalue weighted by atomic mass is 79.9. The molecule has 0 bridgehead atoms. The van der Waals surface area contributed by atoms with Crippen molar-refractivity contribution in [1.29, 1.82) is 0 Å². The molecule has 0 unspecified atom stereocenters. The highest BCUT2D eigenvalue weighted by Crippen LogP contribution is 2.49. The van der Waals surface area contributed by atoms with Crippen LogP contribution in [-0.4, -0.2) is 75.0 Å². The lowest BCUT2D eigenvalue weighted by Crippen LogP contribution is -2.43. The highest BCUT2D eigenvalue weighted by Gasteiger charge is 2.47. The minimum absolute atomic E-state index is 0.0731. The molecule has 9 nitrogen and oxygen atoms in total. The summed E-state index contributed by atoms with van der Waals surface area (Å²) in [4.78, 5) is 28.0. The lowest BCUT2D eigenvalue weighted by molar-refractivity contribution is 0.0260. The number of rotatable bonds is 7. The van der Waals surface area contributed by atoms with Gasteiger partial charge in [0.2, 0.25) is 10.0 Å². The Kier molecular flexibility index (Phi) is 9.20. The van der Waals surface area contributed by atoms with Crippen molar-refractivity contribution >= 4 is 51.1 Å². The molecule has 1 saturated carbocycles. The number of benzene rings is 1. The zero-order valence-corrected chi connectivity index (χ0v) is 29.7. The van der Waals surface area contributed by atoms with Gasteiger partial charge in [-0.3, -0.25) is 4.79 Å². The third-order valence-corrected chi connectivity index (χ3v) is 15.6. The van der Waals surface area contributed by atoms with Crippen LogP contribution in [0.5, 0.6) is 0 Å². The molecule has 1 aromatic heterocycles. The molecule has 2 aromatic rings. The minimum atomic E-state index is -3.99. The molecule has 1 amide bonds. The molecule has 0 atom stereocenters. The SMILES string of the molecule is CC(C)(C)OC(=O)N1CCCN(S(=O)(=O)c2cn(CC3(CO[Si](C)(C)C(C)(C)C)CC3)c(=O)c3ccc(Br)cc23)CC1. The first-order valence-corrected chi connectivity index (χ1v) is 19.8. The van der Waals surface area contributed by atoms with Crippen LogP contribution in [0.1, 0.15) is 60.8 Å². The molecule has 1 saturated heterocycles. The van der Waals surface area contributed by atoms with Gasteiger partial charge < -0.3 is 18.6 Å². The van der Waals surface area contributed by atoms with Crippen molar-refractivity contribution in [3.05, 3.63) is 39.2 Å². The van der Waals surface area contributed by atoms with Crippen molar-refractivity contribution in [2.45, 2.75) is 96.0 Å². The lowest BCUT2D eigenvalue weighted by Gasteiger charge is -2.37. The molecule has 1 aromatic carbocycles. The van der Waals surface area contributed by atoms with Gasteiger partial charge >= 0.3 is 6.09 Å². The topological polar surface area (TPSA) is 98.2 Å². The number of sulfonamides is 1. The van der Waals surface area contributed by atoms with Gasteiger partial charge in [0.05, 0.1) is 0 Å². The van der Waals surface area contributed by atoms with E-state index in [2.05, 4.69) is 49.8 Å². The molecule has 0 N–H and O–H groups in total. The Morgan fingerprint density at radius 3 is 2.29 bits per heavy atom. The van der Waals surface area contributed by atoms with Crippen LogP contribution in [0.25, 0.3) is 10.8 Å². The summed E-state index contributed by atoms with van der Waals surface area (Å²) in [5.41, 5.74) is -1.02. The number of aromatic nitrogens is 1. The number of amides is 1. The highest BCUT2D eigenvalue weighted by molar-refractivity contribution is 9.10. The Hall–Kier alpha value is -1.73. The quantitative estimate of drug-likeness (QED) is 0.323. The zero-order valence-electron chi connectivity index (χ0n) is 26.3. The van der Waals surface area contributed by atoms with Crippen LogP contribution in [0.4, 0.5) is 4.79 Å². The normalized spacial score (nSPS) is 18.6. The monoisotopic (exact) mass is 683 g/mol. The average molecular weight is 685 g/mol. The molecular weight excluding hydrogens is 638 g/mol. The van der Waals surface area contributed by atoms with E-state index in [0.717, 1.165) is 12.8 Å². The Labute approximate surface area is 259 Å². The summed E-state index contributed by atoms with van der Waals surface area (Å²) in [6.45, 7) is 18.5. The number of fused-ring (bicyclic) bond motifs is 1. The minimum Gasteiger partial charge on any atom is -0.444 e. The molecule has 2 fully saturated rings. The summed E-state index contributed by atoms with van der Waals surface area (Å²) in [6.07, 6.45) is 3.42. The second-order valence-electron chi connectivity index (χ2n) is 14.4. The van der Waals surface area contributed by atoms with Crippen LogP contribution in [0.2, 0.25) is 18.1 Å². The van der Waals surface area contributed by atoms with E-state index in [4.69, 9.17) is 9.16 Å². The Morgan fingerprint density at radius 1 is 1.02 bits per heavy atom. The predicted molar refractivity (Wildman–Crippen MR) is 172 cm³/mol. The van der Waals surface area contributed by atoms with Gasteiger partial charge in [-0.25, -0.2) is 13.2 Å². The maximum Gasteiger partial charge on any atom is 0.410 e. The first-order chi connectivity index (χ1) is 19.2. The molecule has 234 valence electrons. The average Bonchev–Trinajstić information content (AvgIpc) is 3.66. The molecule has 2 aliphatic rings. The van der Waals surface area contributed by atoms with E-state index in [1.807, 2.05) is 20.8 Å². The molecule has 1 aliphatic carbocycles. The van der Waals surface area contributed by atoms with Gasteiger partial charge in [0.15, 0.2) is 8.32 Å². The first-order valence-electron chi connectivity index (χ1n) is 14.7. The molecule has 12 heteroatoms. The smallest absolute Gasteiger partial charge is 0.410 e. The van der Waals surface area contributed by atoms with Gasteiger partial charge in [-0.2, -0.15) is 4.31 Å². The number of pyridine rings is 1.